The molecule has 31 heavy (non-hydrogen) atoms. The number of hydrogen-bond donors (Lipinski definition) is 2. The van der Waals surface area contributed by atoms with Crippen molar-refractivity contribution in [1.82, 2.24) is 10.2 Å². The normalized spacial score (nSPS) is 16.2. The Morgan fingerprint density at radius 1 is 1.19 bits per heavy atom. The molecule has 0 radical (unpaired) electrons. The Balaban J connectivity index is 1.56. The molecule has 1 fully saturated rings. The predicted octanol–water partition coefficient (Wildman–Crippen LogP) is 3.99. The van der Waals surface area contributed by atoms with Crippen LogP contribution in [0.15, 0.2) is 54.6 Å². The molecule has 2 heterocycles. The second-order valence-corrected chi connectivity index (χ2v) is 7.64. The molecule has 7 heteroatoms. The van der Waals surface area contributed by atoms with E-state index in [-0.39, 0.29) is 11.7 Å². The summed E-state index contributed by atoms with van der Waals surface area (Å²) in [5.74, 6) is 0.543. The molecule has 7 nitrogen and oxygen atoms in total. The third-order valence-corrected chi connectivity index (χ3v) is 5.64. The van der Waals surface area contributed by atoms with Crippen molar-refractivity contribution < 1.29 is 14.6 Å². The van der Waals surface area contributed by atoms with Crippen LogP contribution in [0.4, 0.5) is 11.5 Å². The van der Waals surface area contributed by atoms with Crippen LogP contribution in [0.3, 0.4) is 0 Å². The lowest BCUT2D eigenvalue weighted by atomic mass is 9.90. The van der Waals surface area contributed by atoms with Crippen molar-refractivity contribution in [2.75, 3.05) is 30.3 Å². The highest BCUT2D eigenvalue weighted by atomic mass is 16.5. The summed E-state index contributed by atoms with van der Waals surface area (Å²) in [7, 11) is 0. The molecule has 0 saturated carbocycles. The SMILES string of the molecule is CCOC(=O)c1ccc([C@H]2CCCN(c3cc(-c4ccccc4O)nnc3N)C2)cc1. The Morgan fingerprint density at radius 3 is 2.71 bits per heavy atom. The third kappa shape index (κ3) is 4.45. The molecule has 3 aromatic rings. The summed E-state index contributed by atoms with van der Waals surface area (Å²) < 4.78 is 5.07. The van der Waals surface area contributed by atoms with Crippen LogP contribution in [0.25, 0.3) is 11.3 Å². The van der Waals surface area contributed by atoms with Crippen molar-refractivity contribution in [3.05, 3.63) is 65.7 Å². The second kappa shape index (κ2) is 9.04. The van der Waals surface area contributed by atoms with E-state index in [2.05, 4.69) is 15.1 Å². The van der Waals surface area contributed by atoms with E-state index in [1.807, 2.05) is 42.5 Å². The maximum atomic E-state index is 11.9. The number of ether oxygens (including phenoxy) is 1. The molecule has 0 aliphatic carbocycles. The number of hydrogen-bond acceptors (Lipinski definition) is 7. The summed E-state index contributed by atoms with van der Waals surface area (Å²) in [5.41, 5.74) is 9.95. The van der Waals surface area contributed by atoms with Gasteiger partial charge in [0.15, 0.2) is 5.82 Å². The van der Waals surface area contributed by atoms with E-state index in [0.717, 1.165) is 31.6 Å². The summed E-state index contributed by atoms with van der Waals surface area (Å²) in [5, 5.41) is 18.5. The molecule has 1 aromatic heterocycles. The quantitative estimate of drug-likeness (QED) is 0.604. The van der Waals surface area contributed by atoms with Gasteiger partial charge in [0.2, 0.25) is 0 Å². The first-order valence-electron chi connectivity index (χ1n) is 10.5. The van der Waals surface area contributed by atoms with Crippen LogP contribution in [-0.2, 0) is 4.74 Å². The molecule has 0 spiro atoms. The van der Waals surface area contributed by atoms with E-state index < -0.39 is 0 Å². The maximum absolute atomic E-state index is 11.9. The number of rotatable bonds is 5. The molecule has 4 rings (SSSR count). The number of carbonyl (C=O) groups excluding carboxylic acids is 1. The number of piperidine rings is 1. The zero-order valence-corrected chi connectivity index (χ0v) is 17.5. The highest BCUT2D eigenvalue weighted by Gasteiger charge is 2.24. The average molecular weight is 418 g/mol. The van der Waals surface area contributed by atoms with Gasteiger partial charge in [0, 0.05) is 24.6 Å². The topological polar surface area (TPSA) is 102 Å². The van der Waals surface area contributed by atoms with Crippen LogP contribution in [0, 0.1) is 0 Å². The Bertz CT molecular complexity index is 1070. The monoisotopic (exact) mass is 418 g/mol. The van der Waals surface area contributed by atoms with Crippen molar-refractivity contribution in [2.24, 2.45) is 0 Å². The standard InChI is InChI=1S/C24H26N4O3/c1-2-31-24(30)17-11-9-16(10-12-17)18-6-5-13-28(15-18)21-14-20(26-27-23(21)25)19-7-3-4-8-22(19)29/h3-4,7-12,14,18,29H,2,5-6,13,15H2,1H3,(H2,25,27)/t18-/m0/s1. The van der Waals surface area contributed by atoms with Gasteiger partial charge in [0.05, 0.1) is 23.6 Å². The smallest absolute Gasteiger partial charge is 0.338 e. The molecule has 0 bridgehead atoms. The Morgan fingerprint density at radius 2 is 1.97 bits per heavy atom. The number of nitrogens with two attached hydrogens (primary N) is 1. The summed E-state index contributed by atoms with van der Waals surface area (Å²) >= 11 is 0. The van der Waals surface area contributed by atoms with Crippen LogP contribution in [0.2, 0.25) is 0 Å². The molecule has 3 N–H and O–H groups in total. The molecule has 1 atom stereocenters. The highest BCUT2D eigenvalue weighted by molar-refractivity contribution is 5.89. The maximum Gasteiger partial charge on any atom is 0.338 e. The number of phenols is 1. The average Bonchev–Trinajstić information content (AvgIpc) is 2.80. The molecule has 1 aliphatic heterocycles. The molecule has 160 valence electrons. The van der Waals surface area contributed by atoms with Gasteiger partial charge in [-0.15, -0.1) is 10.2 Å². The first-order chi connectivity index (χ1) is 15.1. The van der Waals surface area contributed by atoms with Gasteiger partial charge in [-0.25, -0.2) is 4.79 Å². The van der Waals surface area contributed by atoms with Gasteiger partial charge in [-0.2, -0.15) is 0 Å². The molecular formula is C24H26N4O3. The molecule has 0 amide bonds. The van der Waals surface area contributed by atoms with Gasteiger partial charge in [-0.1, -0.05) is 24.3 Å². The van der Waals surface area contributed by atoms with Crippen molar-refractivity contribution in [2.45, 2.75) is 25.7 Å². The second-order valence-electron chi connectivity index (χ2n) is 7.64. The molecule has 1 aliphatic rings. The van der Waals surface area contributed by atoms with Gasteiger partial charge >= 0.3 is 5.97 Å². The fraction of sp³-hybridized carbons (Fsp3) is 0.292. The molecule has 2 aromatic carbocycles. The minimum atomic E-state index is -0.299. The highest BCUT2D eigenvalue weighted by Crippen LogP contribution is 2.35. The lowest BCUT2D eigenvalue weighted by Gasteiger charge is -2.35. The zero-order chi connectivity index (χ0) is 21.8. The van der Waals surface area contributed by atoms with E-state index in [0.29, 0.717) is 35.2 Å². The zero-order valence-electron chi connectivity index (χ0n) is 17.5. The first kappa shape index (κ1) is 20.7. The first-order valence-corrected chi connectivity index (χ1v) is 10.5. The Labute approximate surface area is 181 Å². The van der Waals surface area contributed by atoms with Crippen LogP contribution >= 0.6 is 0 Å². The van der Waals surface area contributed by atoms with Gasteiger partial charge in [-0.05, 0) is 55.7 Å². The largest absolute Gasteiger partial charge is 0.507 e. The molecular weight excluding hydrogens is 392 g/mol. The van der Waals surface area contributed by atoms with Crippen molar-refractivity contribution in [1.29, 1.82) is 0 Å². The van der Waals surface area contributed by atoms with Gasteiger partial charge in [0.1, 0.15) is 5.75 Å². The van der Waals surface area contributed by atoms with E-state index >= 15 is 0 Å². The molecule has 1 saturated heterocycles. The number of para-hydroxylation sites is 1. The third-order valence-electron chi connectivity index (χ3n) is 5.64. The van der Waals surface area contributed by atoms with E-state index in [1.165, 1.54) is 5.56 Å². The lowest BCUT2D eigenvalue weighted by molar-refractivity contribution is 0.0526. The molecule has 0 unspecified atom stereocenters. The number of carbonyl (C=O) groups is 1. The van der Waals surface area contributed by atoms with Gasteiger partial charge in [-0.3, -0.25) is 0 Å². The number of aromatic nitrogens is 2. The minimum Gasteiger partial charge on any atom is -0.507 e. The van der Waals surface area contributed by atoms with Gasteiger partial charge in [0.25, 0.3) is 0 Å². The number of anilines is 2. The minimum absolute atomic E-state index is 0.158. The number of nitrogens with zero attached hydrogens (tertiary/aromatic N) is 3. The number of phenolic OH excluding ortho intramolecular Hbond substituents is 1. The summed E-state index contributed by atoms with van der Waals surface area (Å²) in [6, 6.07) is 16.6. The summed E-state index contributed by atoms with van der Waals surface area (Å²) in [6.07, 6.45) is 2.07. The van der Waals surface area contributed by atoms with E-state index in [4.69, 9.17) is 10.5 Å². The fourth-order valence-corrected chi connectivity index (χ4v) is 4.04. The van der Waals surface area contributed by atoms with Crippen molar-refractivity contribution in [3.8, 4) is 17.0 Å². The Hall–Kier alpha value is -3.61. The van der Waals surface area contributed by atoms with Crippen LogP contribution in [-0.4, -0.2) is 41.0 Å². The number of aromatic hydroxyl groups is 1. The summed E-state index contributed by atoms with van der Waals surface area (Å²) in [4.78, 5) is 14.1. The van der Waals surface area contributed by atoms with Crippen LogP contribution < -0.4 is 10.6 Å². The van der Waals surface area contributed by atoms with Crippen LogP contribution in [0.1, 0.15) is 41.6 Å². The van der Waals surface area contributed by atoms with Crippen LogP contribution in [0.5, 0.6) is 5.75 Å². The predicted molar refractivity (Wildman–Crippen MR) is 120 cm³/mol. The van der Waals surface area contributed by atoms with E-state index in [9.17, 15) is 9.90 Å². The van der Waals surface area contributed by atoms with E-state index in [1.54, 1.807) is 19.1 Å². The van der Waals surface area contributed by atoms with Crippen molar-refractivity contribution >= 4 is 17.5 Å². The number of esters is 1. The lowest BCUT2D eigenvalue weighted by Crippen LogP contribution is -2.35. The fourth-order valence-electron chi connectivity index (χ4n) is 4.04. The van der Waals surface area contributed by atoms with Gasteiger partial charge < -0.3 is 20.5 Å². The van der Waals surface area contributed by atoms with Crippen molar-refractivity contribution in [3.63, 3.8) is 0 Å². The number of nitrogen functional groups attached to an aromatic ring is 1. The summed E-state index contributed by atoms with van der Waals surface area (Å²) in [6.45, 7) is 3.82. The number of benzene rings is 2. The Kier molecular flexibility index (Phi) is 6.02.